The van der Waals surface area contributed by atoms with Crippen LogP contribution >= 0.6 is 11.8 Å². The lowest BCUT2D eigenvalue weighted by Crippen LogP contribution is -2.13. The second-order valence-electron chi connectivity index (χ2n) is 6.62. The van der Waals surface area contributed by atoms with E-state index in [-0.39, 0.29) is 16.2 Å². The number of benzene rings is 3. The number of anilines is 1. The Morgan fingerprint density at radius 1 is 1.00 bits per heavy atom. The number of fused-ring (bicyclic) bond motifs is 1. The molecular weight excluding hydrogens is 438 g/mol. The summed E-state index contributed by atoms with van der Waals surface area (Å²) in [7, 11) is -3.99. The molecule has 0 bridgehead atoms. The predicted molar refractivity (Wildman–Crippen MR) is 118 cm³/mol. The first-order chi connectivity index (χ1) is 14.8. The molecule has 0 aliphatic heterocycles. The van der Waals surface area contributed by atoms with Crippen molar-refractivity contribution in [2.45, 2.75) is 15.5 Å². The normalized spacial score (nSPS) is 11.5. The topological polar surface area (TPSA) is 117 Å². The van der Waals surface area contributed by atoms with Gasteiger partial charge in [-0.3, -0.25) is 4.72 Å². The van der Waals surface area contributed by atoms with Gasteiger partial charge < -0.3 is 14.6 Å². The van der Waals surface area contributed by atoms with Gasteiger partial charge in [0.05, 0.1) is 33.1 Å². The third kappa shape index (κ3) is 4.37. The molecule has 4 rings (SSSR count). The summed E-state index contributed by atoms with van der Waals surface area (Å²) in [5, 5.41) is 20.8. The van der Waals surface area contributed by atoms with E-state index in [0.717, 1.165) is 5.76 Å². The van der Waals surface area contributed by atoms with Crippen molar-refractivity contribution in [2.24, 2.45) is 0 Å². The molecule has 4 aromatic rings. The number of hydrogen-bond acceptors (Lipinski definition) is 6. The molecule has 1 aromatic heterocycles. The molecule has 3 N–H and O–H groups in total. The van der Waals surface area contributed by atoms with Crippen LogP contribution in [0.3, 0.4) is 0 Å². The third-order valence-corrected chi connectivity index (χ3v) is 7.02. The van der Waals surface area contributed by atoms with E-state index in [1.165, 1.54) is 36.0 Å². The maximum Gasteiger partial charge on any atom is 0.335 e. The lowest BCUT2D eigenvalue weighted by Gasteiger charge is -2.15. The minimum atomic E-state index is -3.99. The second-order valence-corrected chi connectivity index (χ2v) is 9.32. The molecule has 0 atom stereocenters. The van der Waals surface area contributed by atoms with Crippen LogP contribution in [0.5, 0.6) is 5.75 Å². The zero-order chi connectivity index (χ0) is 22.0. The van der Waals surface area contributed by atoms with E-state index in [9.17, 15) is 18.3 Å². The SMILES string of the molecule is O=C(O)c1ccc(S(=O)(=O)Nc2cc(SCc3ccco3)c(O)c3ccccc23)cc1. The van der Waals surface area contributed by atoms with Crippen molar-refractivity contribution in [3.63, 3.8) is 0 Å². The lowest BCUT2D eigenvalue weighted by molar-refractivity contribution is 0.0696. The van der Waals surface area contributed by atoms with Gasteiger partial charge in [-0.05, 0) is 42.5 Å². The monoisotopic (exact) mass is 455 g/mol. The van der Waals surface area contributed by atoms with Gasteiger partial charge in [0.2, 0.25) is 0 Å². The van der Waals surface area contributed by atoms with E-state index in [2.05, 4.69) is 4.72 Å². The molecule has 0 unspecified atom stereocenters. The number of aromatic carboxylic acids is 1. The Labute approximate surface area is 182 Å². The molecule has 3 aromatic carbocycles. The maximum absolute atomic E-state index is 12.9. The van der Waals surface area contributed by atoms with Crippen LogP contribution < -0.4 is 4.72 Å². The molecule has 158 valence electrons. The Morgan fingerprint density at radius 2 is 1.71 bits per heavy atom. The van der Waals surface area contributed by atoms with Crippen LogP contribution in [-0.4, -0.2) is 24.6 Å². The molecular formula is C22H17NO6S2. The van der Waals surface area contributed by atoms with E-state index in [1.54, 1.807) is 42.7 Å². The highest BCUT2D eigenvalue weighted by molar-refractivity contribution is 7.98. The van der Waals surface area contributed by atoms with Crippen molar-refractivity contribution < 1.29 is 27.8 Å². The number of phenolic OH excluding ortho intramolecular Hbond substituents is 1. The summed E-state index contributed by atoms with van der Waals surface area (Å²) < 4.78 is 33.7. The van der Waals surface area contributed by atoms with E-state index in [1.807, 2.05) is 6.07 Å². The van der Waals surface area contributed by atoms with Gasteiger partial charge in [-0.25, -0.2) is 13.2 Å². The number of sulfonamides is 1. The van der Waals surface area contributed by atoms with E-state index in [4.69, 9.17) is 9.52 Å². The Kier molecular flexibility index (Phi) is 5.62. The van der Waals surface area contributed by atoms with Gasteiger partial charge >= 0.3 is 5.97 Å². The third-order valence-electron chi connectivity index (χ3n) is 4.59. The number of carbonyl (C=O) groups is 1. The van der Waals surface area contributed by atoms with Crippen LogP contribution in [0, 0.1) is 0 Å². The van der Waals surface area contributed by atoms with Gasteiger partial charge in [0.15, 0.2) is 0 Å². The highest BCUT2D eigenvalue weighted by Crippen LogP contribution is 2.41. The smallest absolute Gasteiger partial charge is 0.335 e. The molecule has 0 radical (unpaired) electrons. The molecule has 0 aliphatic carbocycles. The second kappa shape index (κ2) is 8.37. The van der Waals surface area contributed by atoms with Crippen LogP contribution in [0.1, 0.15) is 16.1 Å². The molecule has 7 nitrogen and oxygen atoms in total. The largest absolute Gasteiger partial charge is 0.506 e. The quantitative estimate of drug-likeness (QED) is 0.267. The first kappa shape index (κ1) is 20.8. The number of furan rings is 1. The van der Waals surface area contributed by atoms with Crippen molar-refractivity contribution in [1.82, 2.24) is 0 Å². The van der Waals surface area contributed by atoms with Crippen molar-refractivity contribution in [3.8, 4) is 5.75 Å². The van der Waals surface area contributed by atoms with Crippen molar-refractivity contribution in [1.29, 1.82) is 0 Å². The molecule has 0 amide bonds. The summed E-state index contributed by atoms with van der Waals surface area (Å²) >= 11 is 1.32. The average molecular weight is 456 g/mol. The van der Waals surface area contributed by atoms with Crippen LogP contribution in [-0.2, 0) is 15.8 Å². The molecule has 9 heteroatoms. The highest BCUT2D eigenvalue weighted by Gasteiger charge is 2.19. The predicted octanol–water partition coefficient (Wildman–Crippen LogP) is 4.93. The number of nitrogens with one attached hydrogen (secondary N) is 1. The summed E-state index contributed by atoms with van der Waals surface area (Å²) in [5.41, 5.74) is 0.295. The summed E-state index contributed by atoms with van der Waals surface area (Å²) in [6, 6.07) is 17.0. The average Bonchev–Trinajstić information content (AvgIpc) is 3.28. The zero-order valence-electron chi connectivity index (χ0n) is 16.0. The number of thioether (sulfide) groups is 1. The summed E-state index contributed by atoms with van der Waals surface area (Å²) in [4.78, 5) is 11.4. The molecule has 0 saturated carbocycles. The van der Waals surface area contributed by atoms with Gasteiger partial charge in [-0.15, -0.1) is 11.8 Å². The minimum Gasteiger partial charge on any atom is -0.506 e. The fraction of sp³-hybridized carbons (Fsp3) is 0.0455. The number of aromatic hydroxyl groups is 1. The van der Waals surface area contributed by atoms with Gasteiger partial charge in [-0.1, -0.05) is 24.3 Å². The first-order valence-electron chi connectivity index (χ1n) is 9.11. The lowest BCUT2D eigenvalue weighted by atomic mass is 10.1. The maximum atomic E-state index is 12.9. The van der Waals surface area contributed by atoms with E-state index >= 15 is 0 Å². The minimum absolute atomic E-state index is 0.00866. The number of carboxylic acids is 1. The van der Waals surface area contributed by atoms with Gasteiger partial charge in [0.25, 0.3) is 10.0 Å². The number of hydrogen-bond donors (Lipinski definition) is 3. The van der Waals surface area contributed by atoms with Crippen molar-refractivity contribution >= 4 is 44.2 Å². The van der Waals surface area contributed by atoms with Crippen LogP contribution in [0.4, 0.5) is 5.69 Å². The standard InChI is InChI=1S/C22H17NO6S2/c24-21-18-6-2-1-5-17(18)19(12-20(21)30-13-15-4-3-11-29-15)23-31(27,28)16-9-7-14(8-10-16)22(25)26/h1-12,23-24H,13H2,(H,25,26). The van der Waals surface area contributed by atoms with Gasteiger partial charge in [0, 0.05) is 10.8 Å². The van der Waals surface area contributed by atoms with Crippen LogP contribution in [0.2, 0.25) is 0 Å². The molecule has 0 aliphatic rings. The molecule has 1 heterocycles. The van der Waals surface area contributed by atoms with Gasteiger partial charge in [-0.2, -0.15) is 0 Å². The molecule has 0 saturated heterocycles. The summed E-state index contributed by atoms with van der Waals surface area (Å²) in [5.74, 6) is 0.0978. The van der Waals surface area contributed by atoms with Crippen molar-refractivity contribution in [2.75, 3.05) is 4.72 Å². The van der Waals surface area contributed by atoms with Gasteiger partial charge in [0.1, 0.15) is 11.5 Å². The number of rotatable bonds is 7. The Hall–Kier alpha value is -3.43. The fourth-order valence-corrected chi connectivity index (χ4v) is 5.03. The van der Waals surface area contributed by atoms with Crippen LogP contribution in [0.15, 0.2) is 87.2 Å². The molecule has 0 spiro atoms. The highest BCUT2D eigenvalue weighted by atomic mass is 32.2. The Morgan fingerprint density at radius 3 is 2.35 bits per heavy atom. The summed E-state index contributed by atoms with van der Waals surface area (Å²) in [6.07, 6.45) is 1.56. The van der Waals surface area contributed by atoms with Crippen molar-refractivity contribution in [3.05, 3.63) is 84.3 Å². The number of carboxylic acid groups (broad SMARTS) is 1. The zero-order valence-corrected chi connectivity index (χ0v) is 17.6. The van der Waals surface area contributed by atoms with Crippen LogP contribution in [0.25, 0.3) is 10.8 Å². The molecule has 31 heavy (non-hydrogen) atoms. The van der Waals surface area contributed by atoms with E-state index in [0.29, 0.717) is 27.1 Å². The Bertz CT molecular complexity index is 1350. The number of phenols is 1. The fourth-order valence-electron chi connectivity index (χ4n) is 3.05. The molecule has 0 fully saturated rings. The van der Waals surface area contributed by atoms with E-state index < -0.39 is 16.0 Å². The summed E-state index contributed by atoms with van der Waals surface area (Å²) in [6.45, 7) is 0. The Balaban J connectivity index is 1.71. The first-order valence-corrected chi connectivity index (χ1v) is 11.6.